The first kappa shape index (κ1) is 19.9. The Morgan fingerprint density at radius 1 is 1.33 bits per heavy atom. The second-order valence-electron chi connectivity index (χ2n) is 7.52. The van der Waals surface area contributed by atoms with Crippen LogP contribution in [0.5, 0.6) is 5.75 Å². The lowest BCUT2D eigenvalue weighted by molar-refractivity contribution is -0.114. The number of carbonyl (C=O) groups excluding carboxylic acids is 1. The first-order valence-electron chi connectivity index (χ1n) is 9.43. The fourth-order valence-electron chi connectivity index (χ4n) is 3.32. The van der Waals surface area contributed by atoms with E-state index in [9.17, 15) is 9.90 Å². The first-order chi connectivity index (χ1) is 12.9. The van der Waals surface area contributed by atoms with Gasteiger partial charge in [0.05, 0.1) is 11.1 Å². The Balaban J connectivity index is 1.70. The molecule has 1 atom stereocenters. The molecule has 3 rings (SSSR count). The Kier molecular flexibility index (Phi) is 6.52. The molecule has 1 aromatic heterocycles. The van der Waals surface area contributed by atoms with Crippen LogP contribution in [0.1, 0.15) is 49.3 Å². The zero-order valence-electron chi connectivity index (χ0n) is 16.2. The van der Waals surface area contributed by atoms with Crippen LogP contribution in [-0.2, 0) is 17.9 Å². The second-order valence-corrected chi connectivity index (χ2v) is 8.69. The van der Waals surface area contributed by atoms with Gasteiger partial charge in [-0.3, -0.25) is 9.69 Å². The maximum atomic E-state index is 11.2. The van der Waals surface area contributed by atoms with E-state index in [1.165, 1.54) is 11.8 Å². The molecule has 1 aliphatic rings. The van der Waals surface area contributed by atoms with Crippen LogP contribution in [0.25, 0.3) is 0 Å². The lowest BCUT2D eigenvalue weighted by Crippen LogP contribution is -2.24. The molecule has 2 aromatic rings. The molecule has 0 radical (unpaired) electrons. The Morgan fingerprint density at radius 3 is 2.89 bits per heavy atom. The average Bonchev–Trinajstić information content (AvgIpc) is 2.90. The number of anilines is 1. The van der Waals surface area contributed by atoms with Crippen molar-refractivity contribution in [1.29, 1.82) is 0 Å². The van der Waals surface area contributed by atoms with Crippen molar-refractivity contribution in [2.75, 3.05) is 18.5 Å². The molecular formula is C21H28N2O3S. The van der Waals surface area contributed by atoms with Gasteiger partial charge in [0, 0.05) is 37.0 Å². The van der Waals surface area contributed by atoms with Gasteiger partial charge in [-0.1, -0.05) is 19.9 Å². The van der Waals surface area contributed by atoms with Crippen molar-refractivity contribution in [3.05, 3.63) is 46.3 Å². The summed E-state index contributed by atoms with van der Waals surface area (Å²) in [5, 5.41) is 14.2. The van der Waals surface area contributed by atoms with Gasteiger partial charge in [-0.05, 0) is 42.2 Å². The smallest absolute Gasteiger partial charge is 0.221 e. The third kappa shape index (κ3) is 5.54. The number of amides is 1. The van der Waals surface area contributed by atoms with Crippen LogP contribution in [0.4, 0.5) is 5.00 Å². The van der Waals surface area contributed by atoms with E-state index in [0.29, 0.717) is 12.5 Å². The molecule has 6 heteroatoms. The highest BCUT2D eigenvalue weighted by molar-refractivity contribution is 7.16. The van der Waals surface area contributed by atoms with Crippen molar-refractivity contribution < 1.29 is 14.6 Å². The van der Waals surface area contributed by atoms with Crippen LogP contribution >= 0.6 is 11.3 Å². The molecule has 0 spiro atoms. The molecule has 0 bridgehead atoms. The number of hydrogen-bond acceptors (Lipinski definition) is 5. The van der Waals surface area contributed by atoms with Gasteiger partial charge in [-0.15, -0.1) is 11.3 Å². The van der Waals surface area contributed by atoms with Crippen LogP contribution in [0.2, 0.25) is 0 Å². The molecule has 0 fully saturated rings. The van der Waals surface area contributed by atoms with Crippen molar-refractivity contribution in [2.45, 2.75) is 46.4 Å². The number of fused-ring (bicyclic) bond motifs is 1. The van der Waals surface area contributed by atoms with Crippen LogP contribution < -0.4 is 10.1 Å². The number of carbonyl (C=O) groups is 1. The predicted octanol–water partition coefficient (Wildman–Crippen LogP) is 4.18. The van der Waals surface area contributed by atoms with Crippen LogP contribution in [0.15, 0.2) is 30.3 Å². The Hall–Kier alpha value is -1.89. The number of aliphatic hydroxyl groups excluding tert-OH is 1. The summed E-state index contributed by atoms with van der Waals surface area (Å²) in [6.45, 7) is 8.84. The number of ether oxygens (including phenoxy) is 1. The van der Waals surface area contributed by atoms with E-state index in [1.807, 2.05) is 18.2 Å². The zero-order chi connectivity index (χ0) is 19.4. The van der Waals surface area contributed by atoms with E-state index >= 15 is 0 Å². The molecule has 1 unspecified atom stereocenters. The number of benzene rings is 1. The standard InChI is InChI=1S/C21H28N2O3S/c1-14(2)10-19(25)16-4-6-20-17(11-16)12-23(8-9-26-20)13-18-5-7-21(27-18)22-15(3)24/h4-7,11,14,19,25H,8-10,12-13H2,1-3H3,(H,22,24). The molecule has 0 saturated carbocycles. The zero-order valence-corrected chi connectivity index (χ0v) is 17.0. The normalized spacial score (nSPS) is 15.7. The molecule has 146 valence electrons. The summed E-state index contributed by atoms with van der Waals surface area (Å²) >= 11 is 1.60. The fraction of sp³-hybridized carbons (Fsp3) is 0.476. The average molecular weight is 389 g/mol. The van der Waals surface area contributed by atoms with Crippen LogP contribution in [0, 0.1) is 5.92 Å². The summed E-state index contributed by atoms with van der Waals surface area (Å²) in [6, 6.07) is 10.0. The largest absolute Gasteiger partial charge is 0.492 e. The third-order valence-electron chi connectivity index (χ3n) is 4.56. The summed E-state index contributed by atoms with van der Waals surface area (Å²) in [5.74, 6) is 1.30. The minimum atomic E-state index is -0.440. The summed E-state index contributed by atoms with van der Waals surface area (Å²) in [7, 11) is 0. The maximum Gasteiger partial charge on any atom is 0.221 e. The van der Waals surface area contributed by atoms with Crippen molar-refractivity contribution in [3.8, 4) is 5.75 Å². The summed E-state index contributed by atoms with van der Waals surface area (Å²) < 4.78 is 5.91. The molecule has 2 heterocycles. The molecule has 5 nitrogen and oxygen atoms in total. The molecule has 0 saturated heterocycles. The minimum Gasteiger partial charge on any atom is -0.492 e. The molecule has 1 aromatic carbocycles. The summed E-state index contributed by atoms with van der Waals surface area (Å²) in [6.07, 6.45) is 0.314. The van der Waals surface area contributed by atoms with Crippen LogP contribution in [0.3, 0.4) is 0 Å². The van der Waals surface area contributed by atoms with Crippen molar-refractivity contribution in [2.24, 2.45) is 5.92 Å². The van der Waals surface area contributed by atoms with Crippen molar-refractivity contribution in [3.63, 3.8) is 0 Å². The van der Waals surface area contributed by atoms with Crippen LogP contribution in [-0.4, -0.2) is 29.1 Å². The topological polar surface area (TPSA) is 61.8 Å². The van der Waals surface area contributed by atoms with E-state index in [2.05, 4.69) is 36.2 Å². The van der Waals surface area contributed by atoms with Gasteiger partial charge < -0.3 is 15.2 Å². The lowest BCUT2D eigenvalue weighted by Gasteiger charge is -2.19. The van der Waals surface area contributed by atoms with Gasteiger partial charge in [0.1, 0.15) is 12.4 Å². The molecule has 2 N–H and O–H groups in total. The van der Waals surface area contributed by atoms with E-state index in [-0.39, 0.29) is 5.91 Å². The second kappa shape index (κ2) is 8.87. The number of hydrogen-bond donors (Lipinski definition) is 2. The quantitative estimate of drug-likeness (QED) is 0.779. The van der Waals surface area contributed by atoms with E-state index in [1.54, 1.807) is 11.3 Å². The monoisotopic (exact) mass is 388 g/mol. The third-order valence-corrected chi connectivity index (χ3v) is 5.55. The summed E-state index contributed by atoms with van der Waals surface area (Å²) in [4.78, 5) is 14.7. The Labute approximate surface area is 165 Å². The predicted molar refractivity (Wildman–Crippen MR) is 109 cm³/mol. The fourth-order valence-corrected chi connectivity index (χ4v) is 4.31. The SMILES string of the molecule is CC(=O)Nc1ccc(CN2CCOc3ccc(C(O)CC(C)C)cc3C2)s1. The van der Waals surface area contributed by atoms with Gasteiger partial charge in [-0.2, -0.15) is 0 Å². The maximum absolute atomic E-state index is 11.2. The number of nitrogens with one attached hydrogen (secondary N) is 1. The first-order valence-corrected chi connectivity index (χ1v) is 10.2. The number of thiophene rings is 1. The highest BCUT2D eigenvalue weighted by Crippen LogP contribution is 2.30. The Bertz CT molecular complexity index is 787. The van der Waals surface area contributed by atoms with Crippen molar-refractivity contribution in [1.82, 2.24) is 4.90 Å². The van der Waals surface area contributed by atoms with Gasteiger partial charge in [-0.25, -0.2) is 0 Å². The highest BCUT2D eigenvalue weighted by atomic mass is 32.1. The number of aliphatic hydroxyl groups is 1. The Morgan fingerprint density at radius 2 is 2.15 bits per heavy atom. The van der Waals surface area contributed by atoms with Gasteiger partial charge >= 0.3 is 0 Å². The van der Waals surface area contributed by atoms with E-state index in [0.717, 1.165) is 47.9 Å². The molecule has 1 aliphatic heterocycles. The van der Waals surface area contributed by atoms with E-state index in [4.69, 9.17) is 4.74 Å². The highest BCUT2D eigenvalue weighted by Gasteiger charge is 2.19. The molecule has 0 aliphatic carbocycles. The molecule has 27 heavy (non-hydrogen) atoms. The number of nitrogens with zero attached hydrogens (tertiary/aromatic N) is 1. The number of rotatable bonds is 6. The van der Waals surface area contributed by atoms with Gasteiger partial charge in [0.2, 0.25) is 5.91 Å². The van der Waals surface area contributed by atoms with Gasteiger partial charge in [0.15, 0.2) is 0 Å². The lowest BCUT2D eigenvalue weighted by atomic mass is 9.97. The van der Waals surface area contributed by atoms with E-state index < -0.39 is 6.10 Å². The van der Waals surface area contributed by atoms with Gasteiger partial charge in [0.25, 0.3) is 0 Å². The minimum absolute atomic E-state index is 0.0482. The summed E-state index contributed by atoms with van der Waals surface area (Å²) in [5.41, 5.74) is 2.07. The molecular weight excluding hydrogens is 360 g/mol. The van der Waals surface area contributed by atoms with Crippen molar-refractivity contribution >= 4 is 22.2 Å². The molecule has 1 amide bonds.